The molecule has 5 nitrogen and oxygen atoms in total. The molecule has 1 atom stereocenters. The Morgan fingerprint density at radius 3 is 2.73 bits per heavy atom. The van der Waals surface area contributed by atoms with E-state index < -0.39 is 10.8 Å². The number of fused-ring (bicyclic) bond motifs is 1. The lowest BCUT2D eigenvalue weighted by atomic mass is 10.2. The van der Waals surface area contributed by atoms with Crippen LogP contribution in [0.1, 0.15) is 5.56 Å². The first kappa shape index (κ1) is 14.6. The van der Waals surface area contributed by atoms with E-state index >= 15 is 0 Å². The Hall–Kier alpha value is -2.34. The maximum absolute atomic E-state index is 11.3. The van der Waals surface area contributed by atoms with Gasteiger partial charge in [0.2, 0.25) is 0 Å². The fraction of sp³-hybridized carbons (Fsp3) is 0.188. The molecule has 1 amide bonds. The third-order valence-electron chi connectivity index (χ3n) is 3.37. The molecule has 6 heteroatoms. The van der Waals surface area contributed by atoms with Crippen molar-refractivity contribution in [2.45, 2.75) is 11.4 Å². The average molecular weight is 316 g/mol. The van der Waals surface area contributed by atoms with E-state index in [4.69, 9.17) is 4.74 Å². The van der Waals surface area contributed by atoms with E-state index in [9.17, 15) is 9.00 Å². The third kappa shape index (κ3) is 3.28. The van der Waals surface area contributed by atoms with Gasteiger partial charge in [-0.2, -0.15) is 0 Å². The Morgan fingerprint density at radius 1 is 1.23 bits per heavy atom. The van der Waals surface area contributed by atoms with Gasteiger partial charge in [0, 0.05) is 40.2 Å². The van der Waals surface area contributed by atoms with Crippen LogP contribution in [-0.2, 0) is 22.1 Å². The van der Waals surface area contributed by atoms with Gasteiger partial charge in [0.05, 0.1) is 5.69 Å². The Labute approximate surface area is 131 Å². The number of nitrogens with one attached hydrogen (secondary N) is 2. The van der Waals surface area contributed by atoms with Gasteiger partial charge in [-0.15, -0.1) is 0 Å². The molecule has 0 aromatic heterocycles. The quantitative estimate of drug-likeness (QED) is 0.909. The van der Waals surface area contributed by atoms with Crippen LogP contribution in [0, 0.1) is 0 Å². The van der Waals surface area contributed by atoms with Crippen molar-refractivity contribution in [3.05, 3.63) is 48.0 Å². The summed E-state index contributed by atoms with van der Waals surface area (Å²) >= 11 is 0. The van der Waals surface area contributed by atoms with Gasteiger partial charge in [0.25, 0.3) is 5.91 Å². The van der Waals surface area contributed by atoms with E-state index in [1.807, 2.05) is 42.5 Å². The predicted molar refractivity (Wildman–Crippen MR) is 86.7 cm³/mol. The van der Waals surface area contributed by atoms with Crippen molar-refractivity contribution in [2.75, 3.05) is 23.5 Å². The molecule has 0 saturated heterocycles. The zero-order valence-corrected chi connectivity index (χ0v) is 12.9. The van der Waals surface area contributed by atoms with Crippen LogP contribution in [-0.4, -0.2) is 23.0 Å². The second kappa shape index (κ2) is 6.19. The molecule has 0 aliphatic carbocycles. The van der Waals surface area contributed by atoms with Crippen LogP contribution in [0.15, 0.2) is 47.4 Å². The molecule has 22 heavy (non-hydrogen) atoms. The minimum absolute atomic E-state index is 0.0477. The Bertz CT molecular complexity index is 729. The number of benzene rings is 2. The van der Waals surface area contributed by atoms with Crippen LogP contribution in [0.5, 0.6) is 5.75 Å². The molecule has 0 unspecified atom stereocenters. The molecule has 2 aromatic carbocycles. The number of carbonyl (C=O) groups excluding carboxylic acids is 1. The van der Waals surface area contributed by atoms with Crippen LogP contribution < -0.4 is 15.4 Å². The number of amides is 1. The van der Waals surface area contributed by atoms with Crippen molar-refractivity contribution in [2.24, 2.45) is 0 Å². The van der Waals surface area contributed by atoms with Crippen LogP contribution in [0.25, 0.3) is 0 Å². The maximum Gasteiger partial charge on any atom is 0.262 e. The topological polar surface area (TPSA) is 67.4 Å². The van der Waals surface area contributed by atoms with Crippen LogP contribution in [0.2, 0.25) is 0 Å². The van der Waals surface area contributed by atoms with Gasteiger partial charge in [-0.1, -0.05) is 12.1 Å². The second-order valence-corrected chi connectivity index (χ2v) is 6.38. The van der Waals surface area contributed by atoms with Gasteiger partial charge in [0.15, 0.2) is 6.61 Å². The van der Waals surface area contributed by atoms with E-state index in [1.54, 1.807) is 6.26 Å². The molecular weight excluding hydrogens is 300 g/mol. The Morgan fingerprint density at radius 2 is 2.00 bits per heavy atom. The van der Waals surface area contributed by atoms with Crippen molar-refractivity contribution in [3.8, 4) is 5.75 Å². The molecule has 2 N–H and O–H groups in total. The fourth-order valence-electron chi connectivity index (χ4n) is 2.19. The van der Waals surface area contributed by atoms with Gasteiger partial charge in [0.1, 0.15) is 5.75 Å². The fourth-order valence-corrected chi connectivity index (χ4v) is 2.71. The van der Waals surface area contributed by atoms with E-state index in [2.05, 4.69) is 10.6 Å². The molecule has 1 aliphatic rings. The lowest BCUT2D eigenvalue weighted by molar-refractivity contribution is -0.118. The standard InChI is InChI=1S/C16H16N2O3S/c1-22(20)13-5-2-11(3-6-13)9-17-12-4-7-14-15(8-12)21-10-16(19)18-14/h2-8,17H,9-10H2,1H3,(H,18,19)/t22-/m1/s1. The molecule has 0 spiro atoms. The van der Waals surface area contributed by atoms with Crippen molar-refractivity contribution < 1.29 is 13.7 Å². The second-order valence-electron chi connectivity index (χ2n) is 5.00. The van der Waals surface area contributed by atoms with Crippen molar-refractivity contribution >= 4 is 28.1 Å². The molecule has 1 heterocycles. The molecule has 0 radical (unpaired) electrons. The summed E-state index contributed by atoms with van der Waals surface area (Å²) in [6.07, 6.45) is 1.67. The van der Waals surface area contributed by atoms with Crippen LogP contribution >= 0.6 is 0 Å². The summed E-state index contributed by atoms with van der Waals surface area (Å²) in [4.78, 5) is 12.0. The summed E-state index contributed by atoms with van der Waals surface area (Å²) in [5, 5.41) is 6.06. The zero-order chi connectivity index (χ0) is 15.5. The highest BCUT2D eigenvalue weighted by Crippen LogP contribution is 2.30. The van der Waals surface area contributed by atoms with Crippen molar-refractivity contribution in [1.29, 1.82) is 0 Å². The van der Waals surface area contributed by atoms with Gasteiger partial charge in [-0.3, -0.25) is 9.00 Å². The summed E-state index contributed by atoms with van der Waals surface area (Å²) in [7, 11) is -0.953. The Balaban J connectivity index is 1.66. The normalized spacial score (nSPS) is 14.5. The van der Waals surface area contributed by atoms with E-state index in [0.29, 0.717) is 18.0 Å². The Kier molecular flexibility index (Phi) is 4.11. The largest absolute Gasteiger partial charge is 0.482 e. The molecule has 2 aromatic rings. The smallest absolute Gasteiger partial charge is 0.262 e. The van der Waals surface area contributed by atoms with E-state index in [1.165, 1.54) is 0 Å². The van der Waals surface area contributed by atoms with Gasteiger partial charge >= 0.3 is 0 Å². The summed E-state index contributed by atoms with van der Waals surface area (Å²) in [5.74, 6) is 0.530. The lowest BCUT2D eigenvalue weighted by Gasteiger charge is -2.19. The number of ether oxygens (including phenoxy) is 1. The van der Waals surface area contributed by atoms with Crippen LogP contribution in [0.3, 0.4) is 0 Å². The van der Waals surface area contributed by atoms with Crippen molar-refractivity contribution in [1.82, 2.24) is 0 Å². The number of hydrogen-bond donors (Lipinski definition) is 2. The third-order valence-corrected chi connectivity index (χ3v) is 4.30. The average Bonchev–Trinajstić information content (AvgIpc) is 2.53. The van der Waals surface area contributed by atoms with Gasteiger partial charge in [-0.05, 0) is 29.8 Å². The summed E-state index contributed by atoms with van der Waals surface area (Å²) in [6, 6.07) is 13.2. The minimum Gasteiger partial charge on any atom is -0.482 e. The minimum atomic E-state index is -0.953. The van der Waals surface area contributed by atoms with E-state index in [0.717, 1.165) is 16.1 Å². The number of hydrogen-bond acceptors (Lipinski definition) is 4. The molecule has 3 rings (SSSR count). The van der Waals surface area contributed by atoms with E-state index in [-0.39, 0.29) is 12.5 Å². The summed E-state index contributed by atoms with van der Waals surface area (Å²) < 4.78 is 16.7. The molecule has 0 fully saturated rings. The first-order chi connectivity index (χ1) is 10.6. The zero-order valence-electron chi connectivity index (χ0n) is 12.1. The summed E-state index contributed by atoms with van der Waals surface area (Å²) in [6.45, 7) is 0.702. The number of anilines is 2. The number of rotatable bonds is 4. The molecule has 1 aliphatic heterocycles. The predicted octanol–water partition coefficient (Wildman–Crippen LogP) is 2.37. The lowest BCUT2D eigenvalue weighted by Crippen LogP contribution is -2.25. The monoisotopic (exact) mass is 316 g/mol. The van der Waals surface area contributed by atoms with Crippen molar-refractivity contribution in [3.63, 3.8) is 0 Å². The first-order valence-electron chi connectivity index (χ1n) is 6.85. The SMILES string of the molecule is C[S@@](=O)c1ccc(CNc2ccc3c(c2)OCC(=O)N3)cc1. The van der Waals surface area contributed by atoms with Gasteiger partial charge < -0.3 is 15.4 Å². The molecule has 0 bridgehead atoms. The van der Waals surface area contributed by atoms with Gasteiger partial charge in [-0.25, -0.2) is 0 Å². The first-order valence-corrected chi connectivity index (χ1v) is 8.40. The molecule has 114 valence electrons. The summed E-state index contributed by atoms with van der Waals surface area (Å²) in [5.41, 5.74) is 2.70. The molecule has 0 saturated carbocycles. The number of carbonyl (C=O) groups is 1. The maximum atomic E-state index is 11.3. The molecular formula is C16H16N2O3S. The van der Waals surface area contributed by atoms with Crippen LogP contribution in [0.4, 0.5) is 11.4 Å². The highest BCUT2D eigenvalue weighted by Gasteiger charge is 2.15. The highest BCUT2D eigenvalue weighted by molar-refractivity contribution is 7.84. The highest BCUT2D eigenvalue weighted by atomic mass is 32.2.